The van der Waals surface area contributed by atoms with Gasteiger partial charge in [-0.2, -0.15) is 0 Å². The third kappa shape index (κ3) is 4.92. The molecule has 0 saturated heterocycles. The van der Waals surface area contributed by atoms with E-state index in [1.165, 1.54) is 17.8 Å². The van der Waals surface area contributed by atoms with Crippen LogP contribution in [0.4, 0.5) is 5.69 Å². The smallest absolute Gasteiger partial charge is 0.262 e. The topological polar surface area (TPSA) is 94.2 Å². The van der Waals surface area contributed by atoms with Gasteiger partial charge >= 0.3 is 0 Å². The fourth-order valence-corrected chi connectivity index (χ4v) is 4.09. The molecule has 0 aliphatic rings. The van der Waals surface area contributed by atoms with Crippen LogP contribution in [0.1, 0.15) is 23.0 Å². The predicted octanol–water partition coefficient (Wildman–Crippen LogP) is 4.62. The maximum atomic E-state index is 13.1. The average molecular weight is 468 g/mol. The molecule has 4 rings (SSSR count). The molecule has 0 fully saturated rings. The SMILES string of the molecule is CC(=O)c1cccc(NC(=O)CSc2nc3cc(Cl)ccc3c(=O)n2Cc2ccco2)c1. The normalized spacial score (nSPS) is 10.9. The molecule has 0 bridgehead atoms. The summed E-state index contributed by atoms with van der Waals surface area (Å²) >= 11 is 7.20. The third-order valence-corrected chi connectivity index (χ3v) is 5.87. The Morgan fingerprint density at radius 1 is 1.16 bits per heavy atom. The quantitative estimate of drug-likeness (QED) is 0.242. The van der Waals surface area contributed by atoms with Crippen molar-refractivity contribution in [2.45, 2.75) is 18.6 Å². The zero-order valence-corrected chi connectivity index (χ0v) is 18.6. The standard InChI is InChI=1S/C23H18ClN3O4S/c1-14(28)15-4-2-5-17(10-15)25-21(29)13-32-23-26-20-11-16(24)7-8-19(20)22(30)27(23)12-18-6-3-9-31-18/h2-11H,12-13H2,1H3,(H,25,29). The molecule has 2 aromatic heterocycles. The van der Waals surface area contributed by atoms with Gasteiger partial charge in [0.15, 0.2) is 10.9 Å². The summed E-state index contributed by atoms with van der Waals surface area (Å²) in [5, 5.41) is 4.03. The lowest BCUT2D eigenvalue weighted by atomic mass is 10.1. The maximum Gasteiger partial charge on any atom is 0.262 e. The van der Waals surface area contributed by atoms with E-state index in [4.69, 9.17) is 16.0 Å². The van der Waals surface area contributed by atoms with Gasteiger partial charge in [0, 0.05) is 16.3 Å². The number of nitrogens with one attached hydrogen (secondary N) is 1. The molecule has 0 radical (unpaired) electrons. The van der Waals surface area contributed by atoms with E-state index in [2.05, 4.69) is 10.3 Å². The van der Waals surface area contributed by atoms with Crippen molar-refractivity contribution in [1.29, 1.82) is 0 Å². The average Bonchev–Trinajstić information content (AvgIpc) is 3.28. The maximum absolute atomic E-state index is 13.1. The first-order valence-corrected chi connectivity index (χ1v) is 11.0. The van der Waals surface area contributed by atoms with Crippen LogP contribution in [-0.4, -0.2) is 27.0 Å². The molecule has 7 nitrogen and oxygen atoms in total. The van der Waals surface area contributed by atoms with Gasteiger partial charge in [-0.3, -0.25) is 19.0 Å². The van der Waals surface area contributed by atoms with E-state index in [1.807, 2.05) is 0 Å². The summed E-state index contributed by atoms with van der Waals surface area (Å²) in [6.45, 7) is 1.65. The minimum absolute atomic E-state index is 0.0148. The highest BCUT2D eigenvalue weighted by molar-refractivity contribution is 7.99. The van der Waals surface area contributed by atoms with Crippen molar-refractivity contribution in [3.8, 4) is 0 Å². The van der Waals surface area contributed by atoms with Gasteiger partial charge in [0.05, 0.1) is 29.5 Å². The number of amides is 1. The summed E-state index contributed by atoms with van der Waals surface area (Å²) < 4.78 is 6.86. The first-order chi connectivity index (χ1) is 15.4. The molecule has 2 aromatic carbocycles. The number of ketones is 1. The third-order valence-electron chi connectivity index (χ3n) is 4.66. The summed E-state index contributed by atoms with van der Waals surface area (Å²) in [6, 6.07) is 15.1. The summed E-state index contributed by atoms with van der Waals surface area (Å²) in [6.07, 6.45) is 1.53. The number of rotatable bonds is 7. The molecule has 0 aliphatic heterocycles. The van der Waals surface area contributed by atoms with E-state index in [-0.39, 0.29) is 29.5 Å². The highest BCUT2D eigenvalue weighted by Gasteiger charge is 2.15. The van der Waals surface area contributed by atoms with E-state index in [1.54, 1.807) is 54.6 Å². The van der Waals surface area contributed by atoms with Crippen LogP contribution >= 0.6 is 23.4 Å². The zero-order valence-electron chi connectivity index (χ0n) is 17.0. The van der Waals surface area contributed by atoms with Crippen LogP contribution < -0.4 is 10.9 Å². The Balaban J connectivity index is 1.59. The number of anilines is 1. The molecular weight excluding hydrogens is 450 g/mol. The van der Waals surface area contributed by atoms with Crippen LogP contribution in [0.15, 0.2) is 75.2 Å². The summed E-state index contributed by atoms with van der Waals surface area (Å²) in [5.74, 6) is 0.229. The second-order valence-electron chi connectivity index (χ2n) is 7.00. The van der Waals surface area contributed by atoms with Gasteiger partial charge in [0.2, 0.25) is 5.91 Å². The predicted molar refractivity (Wildman–Crippen MR) is 125 cm³/mol. The van der Waals surface area contributed by atoms with Crippen molar-refractivity contribution in [2.75, 3.05) is 11.1 Å². The van der Waals surface area contributed by atoms with E-state index in [0.29, 0.717) is 38.1 Å². The van der Waals surface area contributed by atoms with Crippen molar-refractivity contribution in [2.24, 2.45) is 0 Å². The molecule has 2 heterocycles. The van der Waals surface area contributed by atoms with Crippen molar-refractivity contribution >= 4 is 51.6 Å². The first kappa shape index (κ1) is 21.9. The molecule has 162 valence electrons. The lowest BCUT2D eigenvalue weighted by Crippen LogP contribution is -2.24. The van der Waals surface area contributed by atoms with E-state index in [9.17, 15) is 14.4 Å². The monoisotopic (exact) mass is 467 g/mol. The Bertz CT molecular complexity index is 1370. The molecule has 1 amide bonds. The van der Waals surface area contributed by atoms with Gasteiger partial charge in [-0.15, -0.1) is 0 Å². The van der Waals surface area contributed by atoms with Crippen LogP contribution in [0.5, 0.6) is 0 Å². The Morgan fingerprint density at radius 3 is 2.75 bits per heavy atom. The lowest BCUT2D eigenvalue weighted by molar-refractivity contribution is -0.113. The molecule has 0 unspecified atom stereocenters. The largest absolute Gasteiger partial charge is 0.467 e. The number of hydrogen-bond acceptors (Lipinski definition) is 6. The number of carbonyl (C=O) groups is 2. The van der Waals surface area contributed by atoms with E-state index in [0.717, 1.165) is 11.8 Å². The minimum Gasteiger partial charge on any atom is -0.467 e. The summed E-state index contributed by atoms with van der Waals surface area (Å²) in [4.78, 5) is 41.8. The number of benzene rings is 2. The van der Waals surface area contributed by atoms with Crippen molar-refractivity contribution in [3.05, 3.63) is 87.6 Å². The molecule has 0 saturated carbocycles. The Hall–Kier alpha value is -3.36. The van der Waals surface area contributed by atoms with Gasteiger partial charge in [-0.1, -0.05) is 35.5 Å². The van der Waals surface area contributed by atoms with Gasteiger partial charge in [-0.25, -0.2) is 4.98 Å². The number of hydrogen-bond donors (Lipinski definition) is 1. The molecule has 9 heteroatoms. The lowest BCUT2D eigenvalue weighted by Gasteiger charge is -2.12. The highest BCUT2D eigenvalue weighted by atomic mass is 35.5. The Morgan fingerprint density at radius 2 is 2.00 bits per heavy atom. The van der Waals surface area contributed by atoms with Crippen molar-refractivity contribution in [3.63, 3.8) is 0 Å². The molecule has 1 N–H and O–H groups in total. The van der Waals surface area contributed by atoms with Gasteiger partial charge in [0.1, 0.15) is 5.76 Å². The van der Waals surface area contributed by atoms with Crippen LogP contribution in [0.25, 0.3) is 10.9 Å². The molecule has 0 spiro atoms. The second kappa shape index (κ2) is 9.42. The number of thioether (sulfide) groups is 1. The second-order valence-corrected chi connectivity index (χ2v) is 8.38. The van der Waals surface area contributed by atoms with Crippen molar-refractivity contribution in [1.82, 2.24) is 9.55 Å². The molecule has 32 heavy (non-hydrogen) atoms. The Kier molecular flexibility index (Phi) is 6.43. The molecule has 4 aromatic rings. The number of nitrogens with zero attached hydrogens (tertiary/aromatic N) is 2. The fraction of sp³-hybridized carbons (Fsp3) is 0.130. The summed E-state index contributed by atoms with van der Waals surface area (Å²) in [7, 11) is 0. The first-order valence-electron chi connectivity index (χ1n) is 9.67. The van der Waals surface area contributed by atoms with Crippen LogP contribution in [0.2, 0.25) is 5.02 Å². The summed E-state index contributed by atoms with van der Waals surface area (Å²) in [5.41, 5.74) is 1.24. The van der Waals surface area contributed by atoms with Crippen LogP contribution in [0.3, 0.4) is 0 Å². The van der Waals surface area contributed by atoms with E-state index >= 15 is 0 Å². The van der Waals surface area contributed by atoms with E-state index < -0.39 is 0 Å². The fourth-order valence-electron chi connectivity index (χ4n) is 3.12. The molecular formula is C23H18ClN3O4S. The number of halogens is 1. The number of fused-ring (bicyclic) bond motifs is 1. The molecule has 0 atom stereocenters. The Labute approximate surface area is 192 Å². The minimum atomic E-state index is -0.291. The van der Waals surface area contributed by atoms with Crippen LogP contribution in [-0.2, 0) is 11.3 Å². The van der Waals surface area contributed by atoms with Gasteiger partial charge in [-0.05, 0) is 49.4 Å². The highest BCUT2D eigenvalue weighted by Crippen LogP contribution is 2.22. The van der Waals surface area contributed by atoms with Gasteiger partial charge in [0.25, 0.3) is 5.56 Å². The zero-order chi connectivity index (χ0) is 22.7. The number of carbonyl (C=O) groups excluding carboxylic acids is 2. The number of Topliss-reactive ketones (excluding diaryl/α,β-unsaturated/α-hetero) is 1. The number of furan rings is 1. The van der Waals surface area contributed by atoms with Crippen LogP contribution in [0, 0.1) is 0 Å². The van der Waals surface area contributed by atoms with Gasteiger partial charge < -0.3 is 9.73 Å². The number of aromatic nitrogens is 2. The molecule has 0 aliphatic carbocycles. The van der Waals surface area contributed by atoms with Crippen molar-refractivity contribution < 1.29 is 14.0 Å².